The van der Waals surface area contributed by atoms with Crippen molar-refractivity contribution in [3.8, 4) is 0 Å². The third-order valence-electron chi connectivity index (χ3n) is 7.69. The van der Waals surface area contributed by atoms with E-state index in [2.05, 4.69) is 165 Å². The molecule has 1 N–H and O–H groups in total. The predicted molar refractivity (Wildman–Crippen MR) is 188 cm³/mol. The summed E-state index contributed by atoms with van der Waals surface area (Å²) in [5.41, 5.74) is 10.3. The van der Waals surface area contributed by atoms with Gasteiger partial charge in [-0.3, -0.25) is 0 Å². The lowest BCUT2D eigenvalue weighted by molar-refractivity contribution is 0.419. The van der Waals surface area contributed by atoms with Gasteiger partial charge in [-0.05, 0) is 65.6 Å². The summed E-state index contributed by atoms with van der Waals surface area (Å²) in [6.45, 7) is 24.2. The van der Waals surface area contributed by atoms with Crippen molar-refractivity contribution in [2.24, 2.45) is 7.05 Å². The minimum absolute atomic E-state index is 0. The highest BCUT2D eigenvalue weighted by Crippen LogP contribution is 2.33. The molecular weight excluding hydrogens is 526 g/mol. The van der Waals surface area contributed by atoms with Crippen LogP contribution in [0.5, 0.6) is 0 Å². The molecule has 0 saturated heterocycles. The number of hydrogen-bond donors (Lipinski definition) is 1. The van der Waals surface area contributed by atoms with Crippen LogP contribution in [0.15, 0.2) is 77.4 Å². The molecule has 3 aromatic heterocycles. The first-order valence-corrected chi connectivity index (χ1v) is 15.0. The first-order chi connectivity index (χ1) is 19.5. The van der Waals surface area contributed by atoms with Crippen molar-refractivity contribution in [2.75, 3.05) is 0 Å². The van der Waals surface area contributed by atoms with Crippen LogP contribution >= 0.6 is 0 Å². The second kappa shape index (κ2) is 12.4. The molecule has 4 nitrogen and oxygen atoms in total. The molecular formula is C39H53N3O. The van der Waals surface area contributed by atoms with Gasteiger partial charge in [0.15, 0.2) is 5.58 Å². The van der Waals surface area contributed by atoms with E-state index in [0.29, 0.717) is 0 Å². The molecule has 0 fully saturated rings. The number of aromatic amines is 1. The standard InChI is InChI=1S/2C13H17N.C12H15NO.CH4/c1-13(2,3)11-9-14(4)12-8-6-5-7-10(11)12;1-9-12(13(2,3)4)10-7-5-6-8-11(10)14-9;1-8-5-6-9-10(7-8)14-13-11(9)12(2,3)4;/h5-9H,1-4H3;5-8,14H,1-4H3;5-7H,1-4H3;1H4. The Morgan fingerprint density at radius 1 is 0.698 bits per heavy atom. The molecule has 3 heterocycles. The number of nitrogens with zero attached hydrogens (tertiary/aromatic N) is 2. The Hall–Kier alpha value is -3.79. The number of hydrogen-bond acceptors (Lipinski definition) is 2. The molecule has 0 amide bonds. The fourth-order valence-corrected chi connectivity index (χ4v) is 5.77. The molecule has 6 aromatic rings. The van der Waals surface area contributed by atoms with Crippen LogP contribution in [0.4, 0.5) is 0 Å². The minimum atomic E-state index is 0. The lowest BCUT2D eigenvalue weighted by atomic mass is 9.85. The van der Waals surface area contributed by atoms with Crippen molar-refractivity contribution >= 4 is 32.8 Å². The normalized spacial score (nSPS) is 12.0. The average Bonchev–Trinajstić information content (AvgIpc) is 3.56. The van der Waals surface area contributed by atoms with Crippen LogP contribution in [0.2, 0.25) is 0 Å². The first kappa shape index (κ1) is 33.7. The fraction of sp³-hybridized carbons (Fsp3) is 0.410. The van der Waals surface area contributed by atoms with Crippen LogP contribution in [0.3, 0.4) is 0 Å². The highest BCUT2D eigenvalue weighted by Gasteiger charge is 2.22. The summed E-state index contributed by atoms with van der Waals surface area (Å²) in [6.07, 6.45) is 2.24. The maximum atomic E-state index is 5.31. The van der Waals surface area contributed by atoms with Gasteiger partial charge in [-0.25, -0.2) is 0 Å². The first-order valence-electron chi connectivity index (χ1n) is 15.0. The van der Waals surface area contributed by atoms with Crippen molar-refractivity contribution < 1.29 is 4.52 Å². The molecule has 0 bridgehead atoms. The highest BCUT2D eigenvalue weighted by molar-refractivity contribution is 5.86. The van der Waals surface area contributed by atoms with E-state index in [1.165, 1.54) is 44.2 Å². The molecule has 3 aromatic carbocycles. The lowest BCUT2D eigenvalue weighted by Gasteiger charge is -2.19. The Kier molecular flexibility index (Phi) is 9.75. The molecule has 4 heteroatoms. The van der Waals surface area contributed by atoms with Gasteiger partial charge >= 0.3 is 0 Å². The van der Waals surface area contributed by atoms with Gasteiger partial charge in [0.05, 0.1) is 5.69 Å². The molecule has 0 aliphatic rings. The zero-order valence-electron chi connectivity index (χ0n) is 27.7. The molecule has 0 radical (unpaired) electrons. The van der Waals surface area contributed by atoms with E-state index in [1.54, 1.807) is 0 Å². The SMILES string of the molecule is C.Cc1[nH]c2ccccc2c1C(C)(C)C.Cc1ccc2c(C(C)(C)C)noc2c1.Cn1cc(C(C)(C)C)c2ccccc21. The molecule has 230 valence electrons. The summed E-state index contributed by atoms with van der Waals surface area (Å²) in [5.74, 6) is 0. The third-order valence-corrected chi connectivity index (χ3v) is 7.69. The number of aryl methyl sites for hydroxylation is 3. The molecule has 6 rings (SSSR count). The van der Waals surface area contributed by atoms with Crippen LogP contribution in [0, 0.1) is 13.8 Å². The van der Waals surface area contributed by atoms with Crippen molar-refractivity contribution in [3.05, 3.63) is 101 Å². The fourth-order valence-electron chi connectivity index (χ4n) is 5.77. The van der Waals surface area contributed by atoms with Crippen LogP contribution in [0.25, 0.3) is 32.8 Å². The number of benzene rings is 3. The molecule has 0 atom stereocenters. The van der Waals surface area contributed by atoms with E-state index in [0.717, 1.165) is 16.7 Å². The molecule has 0 unspecified atom stereocenters. The summed E-state index contributed by atoms with van der Waals surface area (Å²) in [7, 11) is 2.11. The summed E-state index contributed by atoms with van der Waals surface area (Å²) in [5, 5.41) is 8.00. The van der Waals surface area contributed by atoms with Gasteiger partial charge in [-0.2, -0.15) is 0 Å². The van der Waals surface area contributed by atoms with Gasteiger partial charge < -0.3 is 14.1 Å². The third kappa shape index (κ3) is 7.41. The molecule has 0 spiro atoms. The average molecular weight is 580 g/mol. The number of para-hydroxylation sites is 2. The topological polar surface area (TPSA) is 46.8 Å². The number of nitrogens with one attached hydrogen (secondary N) is 1. The van der Waals surface area contributed by atoms with E-state index in [1.807, 2.05) is 6.07 Å². The molecule has 0 aliphatic heterocycles. The number of H-pyrrole nitrogens is 1. The number of rotatable bonds is 0. The van der Waals surface area contributed by atoms with Crippen molar-refractivity contribution in [2.45, 2.75) is 99.8 Å². The van der Waals surface area contributed by atoms with Crippen LogP contribution in [-0.4, -0.2) is 14.7 Å². The zero-order chi connectivity index (χ0) is 31.0. The zero-order valence-corrected chi connectivity index (χ0v) is 27.7. The number of fused-ring (bicyclic) bond motifs is 3. The van der Waals surface area contributed by atoms with Gasteiger partial charge in [0.1, 0.15) is 0 Å². The predicted octanol–water partition coefficient (Wildman–Crippen LogP) is 11.3. The van der Waals surface area contributed by atoms with Crippen molar-refractivity contribution in [3.63, 3.8) is 0 Å². The Morgan fingerprint density at radius 2 is 1.30 bits per heavy atom. The monoisotopic (exact) mass is 579 g/mol. The second-order valence-corrected chi connectivity index (χ2v) is 14.6. The molecule has 0 aliphatic carbocycles. The van der Waals surface area contributed by atoms with Crippen LogP contribution in [0.1, 0.15) is 97.8 Å². The quantitative estimate of drug-likeness (QED) is 0.194. The van der Waals surface area contributed by atoms with Crippen LogP contribution in [-0.2, 0) is 23.3 Å². The summed E-state index contributed by atoms with van der Waals surface area (Å²) in [6, 6.07) is 23.3. The summed E-state index contributed by atoms with van der Waals surface area (Å²) >= 11 is 0. The van der Waals surface area contributed by atoms with E-state index < -0.39 is 0 Å². The Bertz CT molecular complexity index is 1800. The van der Waals surface area contributed by atoms with Crippen LogP contribution < -0.4 is 0 Å². The maximum absolute atomic E-state index is 5.31. The van der Waals surface area contributed by atoms with E-state index >= 15 is 0 Å². The Labute approximate surface area is 259 Å². The smallest absolute Gasteiger partial charge is 0.167 e. The minimum Gasteiger partial charge on any atom is -0.358 e. The largest absolute Gasteiger partial charge is 0.358 e. The summed E-state index contributed by atoms with van der Waals surface area (Å²) < 4.78 is 7.51. The Morgan fingerprint density at radius 3 is 1.91 bits per heavy atom. The van der Waals surface area contributed by atoms with Gasteiger partial charge in [-0.1, -0.05) is 117 Å². The Balaban J connectivity index is 0.000000175. The van der Waals surface area contributed by atoms with Gasteiger partial charge in [-0.15, -0.1) is 0 Å². The highest BCUT2D eigenvalue weighted by atomic mass is 16.5. The van der Waals surface area contributed by atoms with E-state index in [-0.39, 0.29) is 23.7 Å². The maximum Gasteiger partial charge on any atom is 0.167 e. The molecule has 0 saturated carbocycles. The van der Waals surface area contributed by atoms with Crippen molar-refractivity contribution in [1.82, 2.24) is 14.7 Å². The van der Waals surface area contributed by atoms with E-state index in [9.17, 15) is 0 Å². The van der Waals surface area contributed by atoms with Gasteiger partial charge in [0.2, 0.25) is 0 Å². The van der Waals surface area contributed by atoms with Gasteiger partial charge in [0, 0.05) is 51.5 Å². The second-order valence-electron chi connectivity index (χ2n) is 14.6. The summed E-state index contributed by atoms with van der Waals surface area (Å²) in [4.78, 5) is 3.43. The van der Waals surface area contributed by atoms with E-state index in [4.69, 9.17) is 4.52 Å². The lowest BCUT2D eigenvalue weighted by Crippen LogP contribution is -2.11. The van der Waals surface area contributed by atoms with Crippen molar-refractivity contribution in [1.29, 1.82) is 0 Å². The molecule has 43 heavy (non-hydrogen) atoms. The van der Waals surface area contributed by atoms with Gasteiger partial charge in [0.25, 0.3) is 0 Å². The number of aromatic nitrogens is 3.